The third-order valence-corrected chi connectivity index (χ3v) is 4.62. The van der Waals surface area contributed by atoms with Crippen LogP contribution in [0.25, 0.3) is 21.5 Å². The smallest absolute Gasteiger partial charge is 0.277 e. The van der Waals surface area contributed by atoms with Crippen molar-refractivity contribution >= 4 is 33.7 Å². The number of nitrogens with one attached hydrogen (secondary N) is 1. The molecule has 0 heterocycles. The first-order valence-electron chi connectivity index (χ1n) is 9.24. The van der Waals surface area contributed by atoms with Gasteiger partial charge in [-0.1, -0.05) is 60.7 Å². The van der Waals surface area contributed by atoms with Crippen LogP contribution in [0.5, 0.6) is 11.5 Å². The molecule has 0 saturated heterocycles. The highest BCUT2D eigenvalue weighted by molar-refractivity contribution is 6.13. The van der Waals surface area contributed by atoms with Crippen LogP contribution in [0.2, 0.25) is 0 Å². The van der Waals surface area contributed by atoms with Gasteiger partial charge in [0.2, 0.25) is 0 Å². The molecular formula is C24H20N2O3. The molecule has 0 atom stereocenters. The zero-order valence-electron chi connectivity index (χ0n) is 16.0. The van der Waals surface area contributed by atoms with Gasteiger partial charge >= 0.3 is 0 Å². The molecule has 0 aliphatic heterocycles. The van der Waals surface area contributed by atoms with Crippen molar-refractivity contribution in [3.8, 4) is 11.5 Å². The maximum absolute atomic E-state index is 12.1. The molecule has 4 aromatic carbocycles. The summed E-state index contributed by atoms with van der Waals surface area (Å²) < 4.78 is 10.7. The molecule has 0 aliphatic rings. The van der Waals surface area contributed by atoms with Crippen LogP contribution >= 0.6 is 0 Å². The summed E-state index contributed by atoms with van der Waals surface area (Å²) in [4.78, 5) is 12.1. The van der Waals surface area contributed by atoms with Gasteiger partial charge in [0.05, 0.1) is 13.3 Å². The summed E-state index contributed by atoms with van der Waals surface area (Å²) >= 11 is 0. The zero-order chi connectivity index (χ0) is 20.1. The Bertz CT molecular complexity index is 1150. The molecule has 0 aliphatic carbocycles. The van der Waals surface area contributed by atoms with Crippen molar-refractivity contribution in [3.05, 3.63) is 84.4 Å². The van der Waals surface area contributed by atoms with E-state index in [0.29, 0.717) is 11.5 Å². The van der Waals surface area contributed by atoms with Gasteiger partial charge in [0, 0.05) is 5.56 Å². The van der Waals surface area contributed by atoms with Gasteiger partial charge in [-0.05, 0) is 39.7 Å². The highest BCUT2D eigenvalue weighted by Gasteiger charge is 2.07. The van der Waals surface area contributed by atoms with Crippen LogP contribution < -0.4 is 14.9 Å². The monoisotopic (exact) mass is 384 g/mol. The second-order valence-corrected chi connectivity index (χ2v) is 6.47. The van der Waals surface area contributed by atoms with E-state index in [1.807, 2.05) is 36.4 Å². The van der Waals surface area contributed by atoms with Crippen molar-refractivity contribution < 1.29 is 14.3 Å². The van der Waals surface area contributed by atoms with Crippen molar-refractivity contribution in [2.75, 3.05) is 13.7 Å². The number of hydrogen-bond donors (Lipinski definition) is 1. The van der Waals surface area contributed by atoms with Crippen molar-refractivity contribution in [1.82, 2.24) is 5.43 Å². The lowest BCUT2D eigenvalue weighted by atomic mass is 9.97. The minimum atomic E-state index is -0.350. The quantitative estimate of drug-likeness (QED) is 0.302. The fourth-order valence-corrected chi connectivity index (χ4v) is 3.27. The van der Waals surface area contributed by atoms with Gasteiger partial charge in [-0.3, -0.25) is 4.79 Å². The molecule has 0 bridgehead atoms. The fourth-order valence-electron chi connectivity index (χ4n) is 3.27. The van der Waals surface area contributed by atoms with Gasteiger partial charge in [-0.15, -0.1) is 0 Å². The van der Waals surface area contributed by atoms with Crippen LogP contribution in [0.15, 0.2) is 84.0 Å². The van der Waals surface area contributed by atoms with E-state index < -0.39 is 0 Å². The number of nitrogens with zero attached hydrogens (tertiary/aromatic N) is 1. The molecule has 4 rings (SSSR count). The maximum atomic E-state index is 12.1. The van der Waals surface area contributed by atoms with E-state index in [-0.39, 0.29) is 12.5 Å². The number of amides is 1. The number of carbonyl (C=O) groups is 1. The predicted octanol–water partition coefficient (Wildman–Crippen LogP) is 4.53. The van der Waals surface area contributed by atoms with Gasteiger partial charge in [-0.2, -0.15) is 5.10 Å². The van der Waals surface area contributed by atoms with Crippen LogP contribution in [0.3, 0.4) is 0 Å². The average Bonchev–Trinajstić information content (AvgIpc) is 2.77. The molecule has 0 fully saturated rings. The molecule has 0 unspecified atom stereocenters. The number of hydrazone groups is 1. The summed E-state index contributed by atoms with van der Waals surface area (Å²) in [5.74, 6) is 0.733. The maximum Gasteiger partial charge on any atom is 0.277 e. The number of carbonyl (C=O) groups excluding carboxylic acids is 1. The van der Waals surface area contributed by atoms with Gasteiger partial charge in [0.1, 0.15) is 0 Å². The Labute approximate surface area is 168 Å². The van der Waals surface area contributed by atoms with Crippen LogP contribution in [0.4, 0.5) is 0 Å². The molecule has 0 aromatic heterocycles. The highest BCUT2D eigenvalue weighted by atomic mass is 16.5. The Hall–Kier alpha value is -3.86. The first-order chi connectivity index (χ1) is 14.3. The third kappa shape index (κ3) is 4.04. The minimum Gasteiger partial charge on any atom is -0.493 e. The normalized spacial score (nSPS) is 11.1. The van der Waals surface area contributed by atoms with E-state index in [1.54, 1.807) is 25.5 Å². The van der Waals surface area contributed by atoms with Gasteiger partial charge in [-0.25, -0.2) is 5.43 Å². The molecule has 4 aromatic rings. The Balaban J connectivity index is 1.51. The standard InChI is InChI=1S/C24H20N2O3/c1-28-22-12-6-7-13-23(22)29-16-24(27)26-25-15-21-19-10-4-2-8-17(19)14-18-9-3-5-11-20(18)21/h2-15H,16H2,1H3,(H,26,27). The van der Waals surface area contributed by atoms with Crippen molar-refractivity contribution in [3.63, 3.8) is 0 Å². The number of para-hydroxylation sites is 2. The van der Waals surface area contributed by atoms with Crippen LogP contribution in [-0.4, -0.2) is 25.8 Å². The first-order valence-corrected chi connectivity index (χ1v) is 9.24. The number of rotatable bonds is 6. The molecule has 0 saturated carbocycles. The van der Waals surface area contributed by atoms with E-state index in [2.05, 4.69) is 40.9 Å². The molecule has 5 heteroatoms. The molecule has 1 amide bonds. The third-order valence-electron chi connectivity index (χ3n) is 4.62. The van der Waals surface area contributed by atoms with Crippen molar-refractivity contribution in [2.24, 2.45) is 5.10 Å². The summed E-state index contributed by atoms with van der Waals surface area (Å²) in [6.07, 6.45) is 1.69. The van der Waals surface area contributed by atoms with Gasteiger partial charge in [0.15, 0.2) is 18.1 Å². The van der Waals surface area contributed by atoms with Gasteiger partial charge in [0.25, 0.3) is 5.91 Å². The van der Waals surface area contributed by atoms with E-state index in [4.69, 9.17) is 9.47 Å². The number of hydrogen-bond acceptors (Lipinski definition) is 4. The summed E-state index contributed by atoms with van der Waals surface area (Å²) in [7, 11) is 1.56. The predicted molar refractivity (Wildman–Crippen MR) is 116 cm³/mol. The average molecular weight is 384 g/mol. The van der Waals surface area contributed by atoms with E-state index in [1.165, 1.54) is 0 Å². The van der Waals surface area contributed by atoms with Crippen molar-refractivity contribution in [1.29, 1.82) is 0 Å². The Morgan fingerprint density at radius 3 is 2.14 bits per heavy atom. The minimum absolute atomic E-state index is 0.159. The zero-order valence-corrected chi connectivity index (χ0v) is 16.0. The molecule has 5 nitrogen and oxygen atoms in total. The van der Waals surface area contributed by atoms with Crippen LogP contribution in [0.1, 0.15) is 5.56 Å². The van der Waals surface area contributed by atoms with E-state index in [9.17, 15) is 4.79 Å². The topological polar surface area (TPSA) is 59.9 Å². The molecular weight excluding hydrogens is 364 g/mol. The number of benzene rings is 4. The summed E-state index contributed by atoms with van der Waals surface area (Å²) in [6.45, 7) is -0.159. The Kier molecular flexibility index (Phi) is 5.38. The van der Waals surface area contributed by atoms with Crippen molar-refractivity contribution in [2.45, 2.75) is 0 Å². The van der Waals surface area contributed by atoms with Gasteiger partial charge < -0.3 is 9.47 Å². The lowest BCUT2D eigenvalue weighted by Gasteiger charge is -2.09. The fraction of sp³-hybridized carbons (Fsp3) is 0.0833. The second kappa shape index (κ2) is 8.44. The molecule has 0 radical (unpaired) electrons. The Morgan fingerprint density at radius 1 is 0.897 bits per heavy atom. The number of fused-ring (bicyclic) bond motifs is 2. The molecule has 144 valence electrons. The van der Waals surface area contributed by atoms with Crippen LogP contribution in [-0.2, 0) is 4.79 Å². The second-order valence-electron chi connectivity index (χ2n) is 6.47. The first kappa shape index (κ1) is 18.5. The molecule has 1 N–H and O–H groups in total. The van der Waals surface area contributed by atoms with Crippen LogP contribution in [0, 0.1) is 0 Å². The highest BCUT2D eigenvalue weighted by Crippen LogP contribution is 2.27. The molecule has 0 spiro atoms. The lowest BCUT2D eigenvalue weighted by Crippen LogP contribution is -2.24. The molecule has 29 heavy (non-hydrogen) atoms. The summed E-state index contributed by atoms with van der Waals surface area (Å²) in [5, 5.41) is 8.56. The summed E-state index contributed by atoms with van der Waals surface area (Å²) in [6, 6.07) is 25.6. The van der Waals surface area contributed by atoms with E-state index in [0.717, 1.165) is 27.1 Å². The summed E-state index contributed by atoms with van der Waals surface area (Å²) in [5.41, 5.74) is 3.50. The Morgan fingerprint density at radius 2 is 1.48 bits per heavy atom. The largest absolute Gasteiger partial charge is 0.493 e. The SMILES string of the molecule is COc1ccccc1OCC(=O)NN=Cc1c2ccccc2cc2ccccc12. The number of methoxy groups -OCH3 is 1. The van der Waals surface area contributed by atoms with E-state index >= 15 is 0 Å². The number of ether oxygens (including phenoxy) is 2. The lowest BCUT2D eigenvalue weighted by molar-refractivity contribution is -0.123.